The number of furan rings is 1. The number of pyridine rings is 1. The van der Waals surface area contributed by atoms with Gasteiger partial charge in [0, 0.05) is 38.1 Å². The van der Waals surface area contributed by atoms with Gasteiger partial charge in [0.2, 0.25) is 0 Å². The van der Waals surface area contributed by atoms with Crippen LogP contribution in [0.2, 0.25) is 0 Å². The number of anilines is 3. The lowest BCUT2D eigenvalue weighted by molar-refractivity contribution is 0.665. The predicted molar refractivity (Wildman–Crippen MR) is 199 cm³/mol. The van der Waals surface area contributed by atoms with Gasteiger partial charge in [0.15, 0.2) is 5.58 Å². The summed E-state index contributed by atoms with van der Waals surface area (Å²) in [6.45, 7) is 2.21. The van der Waals surface area contributed by atoms with Gasteiger partial charge in [0.05, 0.1) is 28.1 Å². The molecule has 4 nitrogen and oxygen atoms in total. The van der Waals surface area contributed by atoms with Crippen molar-refractivity contribution in [2.45, 2.75) is 6.92 Å². The number of fused-ring (bicyclic) bond motifs is 10. The van der Waals surface area contributed by atoms with Crippen LogP contribution in [0.3, 0.4) is 0 Å². The molecule has 0 bridgehead atoms. The molecule has 1 aliphatic heterocycles. The van der Waals surface area contributed by atoms with Gasteiger partial charge in [0.1, 0.15) is 16.9 Å². The maximum Gasteiger partial charge on any atom is 0.178 e. The minimum atomic E-state index is 0.790. The Kier molecular flexibility index (Phi) is 5.01. The zero-order valence-electron chi connectivity index (χ0n) is 26.1. The summed E-state index contributed by atoms with van der Waals surface area (Å²) in [5.41, 5.74) is 11.5. The summed E-state index contributed by atoms with van der Waals surface area (Å²) < 4.78 is 9.17. The first-order valence-corrected chi connectivity index (χ1v) is 16.4. The Labute approximate surface area is 275 Å². The molecule has 3 aromatic heterocycles. The maximum atomic E-state index is 6.78. The second kappa shape index (κ2) is 9.34. The van der Waals surface area contributed by atoms with Crippen LogP contribution in [0.25, 0.3) is 82.2 Å². The van der Waals surface area contributed by atoms with Crippen LogP contribution in [0.4, 0.5) is 17.2 Å². The number of benzene rings is 7. The fourth-order valence-electron chi connectivity index (χ4n) is 8.21. The van der Waals surface area contributed by atoms with Gasteiger partial charge in [0.25, 0.3) is 0 Å². The number of hydrogen-bond donors (Lipinski definition) is 0. The Morgan fingerprint density at radius 3 is 1.96 bits per heavy atom. The van der Waals surface area contributed by atoms with Gasteiger partial charge in [-0.3, -0.25) is 4.90 Å². The van der Waals surface area contributed by atoms with Crippen molar-refractivity contribution in [3.05, 3.63) is 151 Å². The molecule has 0 saturated carbocycles. The van der Waals surface area contributed by atoms with Gasteiger partial charge in [-0.15, -0.1) is 0 Å². The number of aromatic nitrogens is 2. The first-order chi connectivity index (χ1) is 23.8. The van der Waals surface area contributed by atoms with Gasteiger partial charge in [-0.2, -0.15) is 0 Å². The third kappa shape index (κ3) is 3.26. The highest BCUT2D eigenvalue weighted by Gasteiger charge is 2.32. The molecular weight excluding hydrogens is 587 g/mol. The first-order valence-electron chi connectivity index (χ1n) is 16.4. The summed E-state index contributed by atoms with van der Waals surface area (Å²) in [4.78, 5) is 8.02. The van der Waals surface area contributed by atoms with Crippen molar-refractivity contribution >= 4 is 82.6 Å². The Morgan fingerprint density at radius 2 is 1.17 bits per heavy atom. The number of nitrogens with zero attached hydrogens (tertiary/aromatic N) is 3. The summed E-state index contributed by atoms with van der Waals surface area (Å²) in [6, 6.07) is 52.1. The molecule has 0 unspecified atom stereocenters. The van der Waals surface area contributed by atoms with Crippen molar-refractivity contribution in [1.82, 2.24) is 9.55 Å². The molecule has 4 heterocycles. The van der Waals surface area contributed by atoms with Crippen LogP contribution in [0, 0.1) is 6.92 Å². The van der Waals surface area contributed by atoms with E-state index < -0.39 is 0 Å². The van der Waals surface area contributed by atoms with E-state index in [9.17, 15) is 0 Å². The topological polar surface area (TPSA) is 34.2 Å². The molecule has 7 aromatic carbocycles. The van der Waals surface area contributed by atoms with Crippen LogP contribution >= 0.6 is 0 Å². The second-order valence-corrected chi connectivity index (χ2v) is 12.8. The van der Waals surface area contributed by atoms with E-state index in [2.05, 4.69) is 150 Å². The molecule has 0 saturated heterocycles. The maximum absolute atomic E-state index is 6.78. The van der Waals surface area contributed by atoms with E-state index in [0.717, 1.165) is 61.5 Å². The van der Waals surface area contributed by atoms with Crippen LogP contribution in [0.15, 0.2) is 150 Å². The summed E-state index contributed by atoms with van der Waals surface area (Å²) in [5, 5.41) is 8.26. The van der Waals surface area contributed by atoms with Crippen LogP contribution < -0.4 is 4.90 Å². The molecule has 0 N–H and O–H groups in total. The highest BCUT2D eigenvalue weighted by atomic mass is 16.3. The minimum Gasteiger partial charge on any atom is -0.452 e. The summed E-state index contributed by atoms with van der Waals surface area (Å²) in [6.07, 6.45) is 0. The quantitative estimate of drug-likeness (QED) is 0.194. The molecule has 1 aliphatic rings. The highest BCUT2D eigenvalue weighted by molar-refractivity contribution is 6.20. The molecule has 0 aliphatic carbocycles. The Bertz CT molecular complexity index is 2920. The molecule has 0 fully saturated rings. The molecule has 0 spiro atoms. The minimum absolute atomic E-state index is 0.790. The van der Waals surface area contributed by atoms with Gasteiger partial charge < -0.3 is 8.98 Å². The summed E-state index contributed by atoms with van der Waals surface area (Å²) >= 11 is 0. The average Bonchev–Trinajstić information content (AvgIpc) is 3.67. The largest absolute Gasteiger partial charge is 0.452 e. The highest BCUT2D eigenvalue weighted by Crippen LogP contribution is 2.54. The van der Waals surface area contributed by atoms with Gasteiger partial charge in [-0.25, -0.2) is 4.98 Å². The van der Waals surface area contributed by atoms with E-state index in [4.69, 9.17) is 9.40 Å². The summed E-state index contributed by atoms with van der Waals surface area (Å²) in [7, 11) is 0. The zero-order chi connectivity index (χ0) is 31.5. The van der Waals surface area contributed by atoms with Crippen molar-refractivity contribution in [2.24, 2.45) is 0 Å². The van der Waals surface area contributed by atoms with Crippen molar-refractivity contribution in [2.75, 3.05) is 4.90 Å². The fraction of sp³-hybridized carbons (Fsp3) is 0.0227. The second-order valence-electron chi connectivity index (χ2n) is 12.8. The van der Waals surface area contributed by atoms with E-state index in [1.807, 2.05) is 12.1 Å². The molecule has 48 heavy (non-hydrogen) atoms. The van der Waals surface area contributed by atoms with Crippen LogP contribution in [-0.4, -0.2) is 9.55 Å². The molecule has 10 aromatic rings. The molecular formula is C44H27N3O. The van der Waals surface area contributed by atoms with Gasteiger partial charge in [-0.1, -0.05) is 115 Å². The van der Waals surface area contributed by atoms with Crippen LogP contribution in [-0.2, 0) is 0 Å². The van der Waals surface area contributed by atoms with Gasteiger partial charge in [-0.05, 0) is 53.6 Å². The lowest BCUT2D eigenvalue weighted by Gasteiger charge is -2.35. The Hall–Kier alpha value is -6.39. The monoisotopic (exact) mass is 613 g/mol. The number of para-hydroxylation sites is 3. The normalized spacial score (nSPS) is 12.6. The molecule has 0 amide bonds. The Balaban J connectivity index is 1.36. The van der Waals surface area contributed by atoms with E-state index >= 15 is 0 Å². The first kappa shape index (κ1) is 25.8. The van der Waals surface area contributed by atoms with Gasteiger partial charge >= 0.3 is 0 Å². The van der Waals surface area contributed by atoms with Crippen molar-refractivity contribution < 1.29 is 4.42 Å². The zero-order valence-corrected chi connectivity index (χ0v) is 26.1. The van der Waals surface area contributed by atoms with Crippen molar-refractivity contribution in [3.63, 3.8) is 0 Å². The van der Waals surface area contributed by atoms with Crippen LogP contribution in [0.5, 0.6) is 0 Å². The molecule has 4 heteroatoms. The van der Waals surface area contributed by atoms with Crippen LogP contribution in [0.1, 0.15) is 5.56 Å². The van der Waals surface area contributed by atoms with Crippen molar-refractivity contribution in [1.29, 1.82) is 0 Å². The predicted octanol–water partition coefficient (Wildman–Crippen LogP) is 12.1. The van der Waals surface area contributed by atoms with Crippen molar-refractivity contribution in [3.8, 4) is 16.8 Å². The average molecular weight is 614 g/mol. The van der Waals surface area contributed by atoms with E-state index in [1.165, 1.54) is 43.4 Å². The number of hydrogen-bond acceptors (Lipinski definition) is 3. The van der Waals surface area contributed by atoms with E-state index in [1.54, 1.807) is 0 Å². The fourth-order valence-corrected chi connectivity index (χ4v) is 8.21. The third-order valence-electron chi connectivity index (χ3n) is 10.2. The van der Waals surface area contributed by atoms with E-state index in [-0.39, 0.29) is 0 Å². The SMILES string of the molecule is Cc1c(N2c3c(ccc4ccccc34)-c3cccc4cccc2c34)nc2c(oc3ccccc32)c1-n1c2ccccc2c2ccccc21. The molecule has 0 atom stereocenters. The molecule has 0 radical (unpaired) electrons. The molecule has 11 rings (SSSR count). The third-order valence-corrected chi connectivity index (χ3v) is 10.2. The van der Waals surface area contributed by atoms with E-state index in [0.29, 0.717) is 0 Å². The summed E-state index contributed by atoms with van der Waals surface area (Å²) in [5.74, 6) is 0.894. The Morgan fingerprint density at radius 1 is 0.521 bits per heavy atom. The lowest BCUT2D eigenvalue weighted by Crippen LogP contribution is -2.19. The number of rotatable bonds is 2. The lowest BCUT2D eigenvalue weighted by atomic mass is 9.88. The standard InChI is InChI=1S/C44H27N3O/c1-26-41(46-35-20-7-4-16-30(35)31-17-5-8-21-36(31)46)43-40(34-18-6-9-23-38(34)48-43)45-44(26)47-37-22-11-14-28-13-10-19-32(39(28)37)33-25-24-27-12-2-3-15-29(27)42(33)47/h2-25H,1H3. The molecule has 224 valence electrons. The smallest absolute Gasteiger partial charge is 0.178 e.